The summed E-state index contributed by atoms with van der Waals surface area (Å²) in [5.41, 5.74) is 0. The molecule has 0 aliphatic carbocycles. The Balaban J connectivity index is 2.03. The van der Waals surface area contributed by atoms with E-state index in [-0.39, 0.29) is 6.04 Å². The van der Waals surface area contributed by atoms with Crippen molar-refractivity contribution in [3.8, 4) is 0 Å². The maximum Gasteiger partial charge on any atom is 0.280 e. The maximum absolute atomic E-state index is 11.9. The third kappa shape index (κ3) is 2.42. The van der Waals surface area contributed by atoms with Gasteiger partial charge >= 0.3 is 0 Å². The topological polar surface area (TPSA) is 78.1 Å². The van der Waals surface area contributed by atoms with Gasteiger partial charge in [0.15, 0.2) is 0 Å². The van der Waals surface area contributed by atoms with Crippen LogP contribution in [0.15, 0.2) is 12.4 Å². The van der Waals surface area contributed by atoms with Gasteiger partial charge in [-0.1, -0.05) is 0 Å². The van der Waals surface area contributed by atoms with Crippen LogP contribution in [-0.4, -0.2) is 35.8 Å². The highest BCUT2D eigenvalue weighted by Crippen LogP contribution is 2.14. The van der Waals surface area contributed by atoms with Crippen LogP contribution in [0, 0.1) is 0 Å². The standard InChI is InChI=1S/C9H16N4O2S/c1-8(9-10-4-5-11-9)12-16(14,15)13-6-2-3-7-13/h4-5,8,12H,2-3,6-7H2,1H3,(H,10,11). The first kappa shape index (κ1) is 11.6. The van der Waals surface area contributed by atoms with Crippen molar-refractivity contribution in [1.82, 2.24) is 19.0 Å². The molecular formula is C9H16N4O2S. The van der Waals surface area contributed by atoms with Gasteiger partial charge in [-0.2, -0.15) is 17.4 Å². The van der Waals surface area contributed by atoms with Crippen LogP contribution in [0.25, 0.3) is 0 Å². The number of aromatic nitrogens is 2. The third-order valence-corrected chi connectivity index (χ3v) is 4.36. The Morgan fingerprint density at radius 2 is 2.19 bits per heavy atom. The zero-order valence-electron chi connectivity index (χ0n) is 9.18. The summed E-state index contributed by atoms with van der Waals surface area (Å²) in [4.78, 5) is 6.92. The number of nitrogens with zero attached hydrogens (tertiary/aromatic N) is 2. The van der Waals surface area contributed by atoms with E-state index in [9.17, 15) is 8.42 Å². The van der Waals surface area contributed by atoms with E-state index < -0.39 is 10.2 Å². The Hall–Kier alpha value is -0.920. The number of rotatable bonds is 4. The second kappa shape index (κ2) is 4.52. The molecule has 1 aliphatic heterocycles. The molecule has 0 aromatic carbocycles. The molecule has 6 nitrogen and oxygen atoms in total. The molecule has 0 amide bonds. The van der Waals surface area contributed by atoms with Crippen LogP contribution in [0.5, 0.6) is 0 Å². The molecule has 0 bridgehead atoms. The summed E-state index contributed by atoms with van der Waals surface area (Å²) in [6.45, 7) is 2.99. The molecule has 7 heteroatoms. The van der Waals surface area contributed by atoms with Crippen LogP contribution < -0.4 is 4.72 Å². The summed E-state index contributed by atoms with van der Waals surface area (Å²) in [6.07, 6.45) is 5.16. The van der Waals surface area contributed by atoms with Crippen molar-refractivity contribution in [3.63, 3.8) is 0 Å². The minimum Gasteiger partial charge on any atom is -0.347 e. The third-order valence-electron chi connectivity index (χ3n) is 2.66. The first-order valence-electron chi connectivity index (χ1n) is 5.36. The van der Waals surface area contributed by atoms with Crippen LogP contribution >= 0.6 is 0 Å². The van der Waals surface area contributed by atoms with Gasteiger partial charge < -0.3 is 4.98 Å². The molecule has 90 valence electrons. The van der Waals surface area contributed by atoms with E-state index in [1.54, 1.807) is 19.3 Å². The normalized spacial score (nSPS) is 20.1. The van der Waals surface area contributed by atoms with Gasteiger partial charge in [0.25, 0.3) is 10.2 Å². The van der Waals surface area contributed by atoms with E-state index in [2.05, 4.69) is 14.7 Å². The van der Waals surface area contributed by atoms with E-state index >= 15 is 0 Å². The number of imidazole rings is 1. The van der Waals surface area contributed by atoms with E-state index in [1.165, 1.54) is 4.31 Å². The summed E-state index contributed by atoms with van der Waals surface area (Å²) in [5, 5.41) is 0. The van der Waals surface area contributed by atoms with Gasteiger partial charge in [0.1, 0.15) is 5.82 Å². The van der Waals surface area contributed by atoms with Gasteiger partial charge in [-0.3, -0.25) is 0 Å². The highest BCUT2D eigenvalue weighted by molar-refractivity contribution is 7.87. The average Bonchev–Trinajstić information content (AvgIpc) is 2.91. The number of aromatic amines is 1. The minimum atomic E-state index is -3.36. The lowest BCUT2D eigenvalue weighted by molar-refractivity contribution is 0.455. The van der Waals surface area contributed by atoms with E-state index in [0.29, 0.717) is 18.9 Å². The van der Waals surface area contributed by atoms with Gasteiger partial charge in [-0.15, -0.1) is 0 Å². The molecule has 2 rings (SSSR count). The van der Waals surface area contributed by atoms with Crippen LogP contribution in [0.3, 0.4) is 0 Å². The lowest BCUT2D eigenvalue weighted by Gasteiger charge is -2.19. The van der Waals surface area contributed by atoms with Crippen molar-refractivity contribution in [3.05, 3.63) is 18.2 Å². The Morgan fingerprint density at radius 1 is 1.50 bits per heavy atom. The van der Waals surface area contributed by atoms with Crippen molar-refractivity contribution < 1.29 is 8.42 Å². The molecule has 1 aliphatic rings. The second-order valence-electron chi connectivity index (χ2n) is 3.93. The minimum absolute atomic E-state index is 0.333. The van der Waals surface area contributed by atoms with Gasteiger partial charge in [-0.05, 0) is 19.8 Å². The molecule has 1 aromatic rings. The van der Waals surface area contributed by atoms with Gasteiger partial charge in [-0.25, -0.2) is 4.98 Å². The summed E-state index contributed by atoms with van der Waals surface area (Å²) < 4.78 is 27.9. The summed E-state index contributed by atoms with van der Waals surface area (Å²) in [7, 11) is -3.36. The van der Waals surface area contributed by atoms with Crippen molar-refractivity contribution in [2.24, 2.45) is 0 Å². The number of nitrogens with one attached hydrogen (secondary N) is 2. The monoisotopic (exact) mass is 244 g/mol. The molecule has 16 heavy (non-hydrogen) atoms. The zero-order valence-corrected chi connectivity index (χ0v) is 10.00. The molecule has 0 saturated carbocycles. The number of hydrogen-bond acceptors (Lipinski definition) is 3. The predicted molar refractivity (Wildman–Crippen MR) is 59.9 cm³/mol. The average molecular weight is 244 g/mol. The van der Waals surface area contributed by atoms with Crippen molar-refractivity contribution >= 4 is 10.2 Å². The van der Waals surface area contributed by atoms with Gasteiger partial charge in [0.2, 0.25) is 0 Å². The van der Waals surface area contributed by atoms with Crippen molar-refractivity contribution in [2.75, 3.05) is 13.1 Å². The molecule has 1 fully saturated rings. The molecule has 1 aromatic heterocycles. The second-order valence-corrected chi connectivity index (χ2v) is 5.63. The molecule has 1 saturated heterocycles. The molecule has 0 radical (unpaired) electrons. The zero-order chi connectivity index (χ0) is 11.6. The molecule has 2 heterocycles. The van der Waals surface area contributed by atoms with Crippen LogP contribution in [0.2, 0.25) is 0 Å². The smallest absolute Gasteiger partial charge is 0.280 e. The lowest BCUT2D eigenvalue weighted by Crippen LogP contribution is -2.40. The summed E-state index contributed by atoms with van der Waals surface area (Å²) >= 11 is 0. The summed E-state index contributed by atoms with van der Waals surface area (Å²) in [5.74, 6) is 0.628. The molecule has 0 spiro atoms. The van der Waals surface area contributed by atoms with Crippen molar-refractivity contribution in [2.45, 2.75) is 25.8 Å². The SMILES string of the molecule is CC(NS(=O)(=O)N1CCCC1)c1ncc[nH]1. The van der Waals surface area contributed by atoms with Crippen LogP contribution in [-0.2, 0) is 10.2 Å². The van der Waals surface area contributed by atoms with E-state index in [4.69, 9.17) is 0 Å². The number of H-pyrrole nitrogens is 1. The van der Waals surface area contributed by atoms with Gasteiger partial charge in [0.05, 0.1) is 6.04 Å². The first-order valence-corrected chi connectivity index (χ1v) is 6.80. The fraction of sp³-hybridized carbons (Fsp3) is 0.667. The first-order chi connectivity index (χ1) is 7.59. The molecular weight excluding hydrogens is 228 g/mol. The molecule has 2 N–H and O–H groups in total. The Labute approximate surface area is 95.2 Å². The fourth-order valence-corrected chi connectivity index (χ4v) is 3.24. The Kier molecular flexibility index (Phi) is 3.27. The van der Waals surface area contributed by atoms with Crippen LogP contribution in [0.4, 0.5) is 0 Å². The number of hydrogen-bond donors (Lipinski definition) is 2. The highest BCUT2D eigenvalue weighted by Gasteiger charge is 2.27. The Bertz CT molecular complexity index is 422. The largest absolute Gasteiger partial charge is 0.347 e. The fourth-order valence-electron chi connectivity index (χ4n) is 1.80. The van der Waals surface area contributed by atoms with E-state index in [0.717, 1.165) is 12.8 Å². The molecule has 1 unspecified atom stereocenters. The van der Waals surface area contributed by atoms with Crippen LogP contribution in [0.1, 0.15) is 31.6 Å². The highest BCUT2D eigenvalue weighted by atomic mass is 32.2. The quantitative estimate of drug-likeness (QED) is 0.804. The van der Waals surface area contributed by atoms with E-state index in [1.807, 2.05) is 0 Å². The van der Waals surface area contributed by atoms with Crippen molar-refractivity contribution in [1.29, 1.82) is 0 Å². The summed E-state index contributed by atoms with van der Waals surface area (Å²) in [6, 6.07) is -0.333. The maximum atomic E-state index is 11.9. The van der Waals surface area contributed by atoms with Gasteiger partial charge in [0, 0.05) is 25.5 Å². The lowest BCUT2D eigenvalue weighted by atomic mass is 10.3. The Morgan fingerprint density at radius 3 is 2.75 bits per heavy atom. The molecule has 1 atom stereocenters. The predicted octanol–water partition coefficient (Wildman–Crippen LogP) is 0.401.